The Balaban J connectivity index is 2.45. The van der Waals surface area contributed by atoms with Gasteiger partial charge in [-0.05, 0) is 12.0 Å². The zero-order chi connectivity index (χ0) is 15.9. The van der Waals surface area contributed by atoms with Crippen molar-refractivity contribution in [1.82, 2.24) is 4.72 Å². The van der Waals surface area contributed by atoms with Crippen LogP contribution in [0.15, 0.2) is 24.3 Å². The molecule has 116 valence electrons. The fourth-order valence-corrected chi connectivity index (χ4v) is 2.75. The maximum absolute atomic E-state index is 11.7. The highest BCUT2D eigenvalue weighted by Gasteiger charge is 2.11. The van der Waals surface area contributed by atoms with E-state index in [9.17, 15) is 13.2 Å². The van der Waals surface area contributed by atoms with Crippen LogP contribution in [0.3, 0.4) is 0 Å². The van der Waals surface area contributed by atoms with Crippen molar-refractivity contribution in [3.05, 3.63) is 35.4 Å². The lowest BCUT2D eigenvalue weighted by molar-refractivity contribution is -0.140. The van der Waals surface area contributed by atoms with E-state index >= 15 is 0 Å². The lowest BCUT2D eigenvalue weighted by Crippen LogP contribution is -2.26. The van der Waals surface area contributed by atoms with Crippen LogP contribution in [-0.4, -0.2) is 32.2 Å². The summed E-state index contributed by atoms with van der Waals surface area (Å²) >= 11 is 4.84. The smallest absolute Gasteiger partial charge is 0.305 e. The molecule has 0 spiro atoms. The normalized spacial score (nSPS) is 11.1. The summed E-state index contributed by atoms with van der Waals surface area (Å²) in [6.07, 6.45) is 0.308. The number of hydrogen-bond acceptors (Lipinski definition) is 5. The molecule has 0 aliphatic heterocycles. The molecule has 0 aliphatic carbocycles. The number of ether oxygens (including phenoxy) is 1. The van der Waals surface area contributed by atoms with Crippen LogP contribution in [0.4, 0.5) is 0 Å². The minimum atomic E-state index is -3.42. The van der Waals surface area contributed by atoms with Gasteiger partial charge in [0.1, 0.15) is 4.99 Å². The highest BCUT2D eigenvalue weighted by atomic mass is 32.2. The van der Waals surface area contributed by atoms with Crippen LogP contribution in [-0.2, 0) is 26.1 Å². The van der Waals surface area contributed by atoms with Gasteiger partial charge in [0.15, 0.2) is 0 Å². The Kier molecular flexibility index (Phi) is 6.73. The van der Waals surface area contributed by atoms with E-state index in [0.717, 1.165) is 11.1 Å². The molecule has 0 aromatic heterocycles. The molecule has 1 aromatic rings. The molecule has 0 aliphatic rings. The number of hydrogen-bond donors (Lipinski definition) is 2. The Hall–Kier alpha value is -1.51. The molecule has 0 unspecified atom stereocenters. The van der Waals surface area contributed by atoms with Crippen molar-refractivity contribution in [3.63, 3.8) is 0 Å². The van der Waals surface area contributed by atoms with Gasteiger partial charge in [0.2, 0.25) is 10.0 Å². The maximum Gasteiger partial charge on any atom is 0.305 e. The van der Waals surface area contributed by atoms with E-state index in [1.807, 2.05) is 0 Å². The van der Waals surface area contributed by atoms with Crippen LogP contribution >= 0.6 is 12.2 Å². The van der Waals surface area contributed by atoms with Gasteiger partial charge in [-0.15, -0.1) is 0 Å². The molecule has 0 saturated carbocycles. The van der Waals surface area contributed by atoms with Gasteiger partial charge in [-0.2, -0.15) is 0 Å². The summed E-state index contributed by atoms with van der Waals surface area (Å²) in [5.74, 6) is -0.536. The number of thiocarbonyl (C=S) groups is 1. The quantitative estimate of drug-likeness (QED) is 0.538. The summed E-state index contributed by atoms with van der Waals surface area (Å²) < 4.78 is 30.4. The Bertz CT molecular complexity index is 597. The largest absolute Gasteiger partial charge is 0.469 e. The number of benzene rings is 1. The first-order valence-corrected chi connectivity index (χ1v) is 8.33. The predicted molar refractivity (Wildman–Crippen MR) is 84.2 cm³/mol. The van der Waals surface area contributed by atoms with E-state index in [1.54, 1.807) is 24.3 Å². The van der Waals surface area contributed by atoms with Crippen LogP contribution in [0.2, 0.25) is 0 Å². The molecule has 1 aromatic carbocycles. The second kappa shape index (κ2) is 8.06. The fraction of sp³-hybridized carbons (Fsp3) is 0.385. The Morgan fingerprint density at radius 3 is 2.48 bits per heavy atom. The molecule has 0 radical (unpaired) electrons. The van der Waals surface area contributed by atoms with E-state index in [0.29, 0.717) is 4.99 Å². The molecule has 0 fully saturated rings. The molecule has 8 heteroatoms. The van der Waals surface area contributed by atoms with Gasteiger partial charge in [0.25, 0.3) is 0 Å². The van der Waals surface area contributed by atoms with Crippen LogP contribution in [0.1, 0.15) is 24.0 Å². The van der Waals surface area contributed by atoms with Crippen LogP contribution < -0.4 is 10.5 Å². The number of nitrogens with one attached hydrogen (secondary N) is 1. The van der Waals surface area contributed by atoms with Gasteiger partial charge < -0.3 is 10.5 Å². The van der Waals surface area contributed by atoms with Crippen LogP contribution in [0.5, 0.6) is 0 Å². The molecule has 6 nitrogen and oxygen atoms in total. The van der Waals surface area contributed by atoms with Crippen molar-refractivity contribution in [3.8, 4) is 0 Å². The summed E-state index contributed by atoms with van der Waals surface area (Å²) in [5, 5.41) is 0. The zero-order valence-electron chi connectivity index (χ0n) is 11.7. The van der Waals surface area contributed by atoms with Gasteiger partial charge in [-0.25, -0.2) is 13.1 Å². The second-order valence-electron chi connectivity index (χ2n) is 4.38. The Labute approximate surface area is 129 Å². The summed E-state index contributed by atoms with van der Waals surface area (Å²) in [7, 11) is -2.15. The number of methoxy groups -OCH3 is 1. The molecule has 0 amide bonds. The average Bonchev–Trinajstić information content (AvgIpc) is 2.45. The first-order valence-electron chi connectivity index (χ1n) is 6.27. The van der Waals surface area contributed by atoms with Crippen molar-refractivity contribution >= 4 is 33.2 Å². The Morgan fingerprint density at radius 1 is 1.33 bits per heavy atom. The van der Waals surface area contributed by atoms with Gasteiger partial charge in [0.05, 0.1) is 12.9 Å². The molecule has 0 saturated heterocycles. The third kappa shape index (κ3) is 6.65. The zero-order valence-corrected chi connectivity index (χ0v) is 13.3. The molecule has 21 heavy (non-hydrogen) atoms. The fourth-order valence-electron chi connectivity index (χ4n) is 1.56. The molecule has 1 rings (SSSR count). The summed E-state index contributed by atoms with van der Waals surface area (Å²) in [4.78, 5) is 11.2. The number of carbonyl (C=O) groups is 1. The van der Waals surface area contributed by atoms with E-state index in [1.165, 1.54) is 7.11 Å². The van der Waals surface area contributed by atoms with Crippen molar-refractivity contribution in [1.29, 1.82) is 0 Å². The third-order valence-corrected chi connectivity index (χ3v) is 4.40. The van der Waals surface area contributed by atoms with Gasteiger partial charge in [0, 0.05) is 18.5 Å². The monoisotopic (exact) mass is 330 g/mol. The molecule has 0 atom stereocenters. The predicted octanol–water partition coefficient (Wildman–Crippen LogP) is 0.693. The molecule has 3 N–H and O–H groups in total. The van der Waals surface area contributed by atoms with Gasteiger partial charge >= 0.3 is 5.97 Å². The molecule has 0 bridgehead atoms. The number of esters is 1. The first-order chi connectivity index (χ1) is 9.84. The number of carbonyl (C=O) groups excluding carboxylic acids is 1. The van der Waals surface area contributed by atoms with Crippen molar-refractivity contribution < 1.29 is 17.9 Å². The van der Waals surface area contributed by atoms with E-state index < -0.39 is 16.0 Å². The second-order valence-corrected chi connectivity index (χ2v) is 6.75. The summed E-state index contributed by atoms with van der Waals surface area (Å²) in [6.45, 7) is 0.179. The van der Waals surface area contributed by atoms with Crippen molar-refractivity contribution in [2.75, 3.05) is 12.9 Å². The maximum atomic E-state index is 11.7. The highest BCUT2D eigenvalue weighted by molar-refractivity contribution is 7.89. The summed E-state index contributed by atoms with van der Waals surface area (Å²) in [5.41, 5.74) is 7.01. The Morgan fingerprint density at radius 2 is 1.95 bits per heavy atom. The molecular formula is C13H18N2O4S2. The average molecular weight is 330 g/mol. The van der Waals surface area contributed by atoms with Gasteiger partial charge in [-0.1, -0.05) is 36.5 Å². The van der Waals surface area contributed by atoms with E-state index in [-0.39, 0.29) is 25.1 Å². The lowest BCUT2D eigenvalue weighted by atomic mass is 10.1. The first kappa shape index (κ1) is 17.5. The molecule has 0 heterocycles. The van der Waals surface area contributed by atoms with E-state index in [4.69, 9.17) is 18.0 Å². The minimum absolute atomic E-state index is 0.0834. The van der Waals surface area contributed by atoms with Crippen molar-refractivity contribution in [2.45, 2.75) is 19.4 Å². The SMILES string of the molecule is COC(=O)CCCS(=O)(=O)NCc1ccc(C(N)=S)cc1. The number of nitrogens with two attached hydrogens (primary N) is 1. The lowest BCUT2D eigenvalue weighted by Gasteiger charge is -2.07. The summed E-state index contributed by atoms with van der Waals surface area (Å²) in [6, 6.07) is 6.99. The number of sulfonamides is 1. The van der Waals surface area contributed by atoms with Crippen molar-refractivity contribution in [2.24, 2.45) is 5.73 Å². The highest BCUT2D eigenvalue weighted by Crippen LogP contribution is 2.05. The topological polar surface area (TPSA) is 98.5 Å². The van der Waals surface area contributed by atoms with Gasteiger partial charge in [-0.3, -0.25) is 4.79 Å². The minimum Gasteiger partial charge on any atom is -0.469 e. The van der Waals surface area contributed by atoms with Crippen LogP contribution in [0, 0.1) is 0 Å². The van der Waals surface area contributed by atoms with Crippen LogP contribution in [0.25, 0.3) is 0 Å². The van der Waals surface area contributed by atoms with E-state index in [2.05, 4.69) is 9.46 Å². The number of rotatable bonds is 8. The third-order valence-electron chi connectivity index (χ3n) is 2.76. The standard InChI is InChI=1S/C13H18N2O4S2/c1-19-12(16)3-2-8-21(17,18)15-9-10-4-6-11(7-5-10)13(14)20/h4-7,15H,2-3,8-9H2,1H3,(H2,14,20). The molecular weight excluding hydrogens is 312 g/mol.